The molecule has 1 N–H and O–H groups in total. The molecule has 4 nitrogen and oxygen atoms in total. The van der Waals surface area contributed by atoms with Crippen molar-refractivity contribution in [3.8, 4) is 6.07 Å². The zero-order valence-corrected chi connectivity index (χ0v) is 8.45. The molecule has 0 spiro atoms. The smallest absolute Gasteiger partial charge is 0.243 e. The number of carbonyl (C=O) groups excluding carboxylic acids is 1. The van der Waals surface area contributed by atoms with Crippen LogP contribution in [0.2, 0.25) is 0 Å². The van der Waals surface area contributed by atoms with Gasteiger partial charge in [0, 0.05) is 0 Å². The first-order valence-electron chi connectivity index (χ1n) is 4.73. The molecule has 0 fully saturated rings. The number of para-hydroxylation sites is 1. The van der Waals surface area contributed by atoms with E-state index in [2.05, 4.69) is 11.4 Å². The second-order valence-electron chi connectivity index (χ2n) is 3.53. The zero-order chi connectivity index (χ0) is 10.8. The molecule has 1 heterocycles. The van der Waals surface area contributed by atoms with Crippen molar-refractivity contribution in [3.63, 3.8) is 0 Å². The Hall–Kier alpha value is -2.02. The third kappa shape index (κ3) is 1.64. The number of aryl methyl sites for hydroxylation is 1. The lowest BCUT2D eigenvalue weighted by Crippen LogP contribution is -2.38. The molecule has 1 aliphatic rings. The van der Waals surface area contributed by atoms with E-state index in [-0.39, 0.29) is 19.0 Å². The molecule has 0 aliphatic carbocycles. The van der Waals surface area contributed by atoms with Gasteiger partial charge in [-0.15, -0.1) is 0 Å². The van der Waals surface area contributed by atoms with E-state index in [9.17, 15) is 4.79 Å². The second-order valence-corrected chi connectivity index (χ2v) is 3.53. The molecule has 0 radical (unpaired) electrons. The summed E-state index contributed by atoms with van der Waals surface area (Å²) in [6.45, 7) is 2.47. The average Bonchev–Trinajstić information content (AvgIpc) is 2.17. The molecule has 1 aliphatic heterocycles. The second kappa shape index (κ2) is 3.62. The van der Waals surface area contributed by atoms with E-state index >= 15 is 0 Å². The molecular formula is C11H11N3O. The number of nitrogens with zero attached hydrogens (tertiary/aromatic N) is 2. The highest BCUT2D eigenvalue weighted by molar-refractivity contribution is 6.01. The number of fused-ring (bicyclic) bond motifs is 1. The molecule has 4 heteroatoms. The van der Waals surface area contributed by atoms with Gasteiger partial charge < -0.3 is 10.2 Å². The molecule has 1 aromatic rings. The summed E-state index contributed by atoms with van der Waals surface area (Å²) in [6.07, 6.45) is 0. The first-order valence-corrected chi connectivity index (χ1v) is 4.73. The van der Waals surface area contributed by atoms with E-state index in [1.165, 1.54) is 0 Å². The summed E-state index contributed by atoms with van der Waals surface area (Å²) in [6, 6.07) is 7.79. The minimum absolute atomic E-state index is 0.0663. The van der Waals surface area contributed by atoms with E-state index in [1.807, 2.05) is 25.1 Å². The number of nitriles is 1. The van der Waals surface area contributed by atoms with E-state index < -0.39 is 0 Å². The van der Waals surface area contributed by atoms with Crippen LogP contribution in [0.3, 0.4) is 0 Å². The normalized spacial score (nSPS) is 14.1. The van der Waals surface area contributed by atoms with Crippen molar-refractivity contribution in [3.05, 3.63) is 23.8 Å². The van der Waals surface area contributed by atoms with Gasteiger partial charge in [0.15, 0.2) is 0 Å². The highest BCUT2D eigenvalue weighted by Crippen LogP contribution is 2.32. The van der Waals surface area contributed by atoms with Gasteiger partial charge in [0.05, 0.1) is 24.0 Å². The van der Waals surface area contributed by atoms with Crippen LogP contribution in [0.25, 0.3) is 0 Å². The van der Waals surface area contributed by atoms with Crippen LogP contribution < -0.4 is 10.2 Å². The van der Waals surface area contributed by atoms with Crippen molar-refractivity contribution in [2.24, 2.45) is 0 Å². The Bertz CT molecular complexity index is 448. The Kier molecular flexibility index (Phi) is 2.30. The predicted molar refractivity (Wildman–Crippen MR) is 57.6 cm³/mol. The number of anilines is 2. The minimum atomic E-state index is -0.0663. The summed E-state index contributed by atoms with van der Waals surface area (Å²) in [5.41, 5.74) is 2.82. The van der Waals surface area contributed by atoms with E-state index in [0.717, 1.165) is 16.9 Å². The number of carbonyl (C=O) groups is 1. The van der Waals surface area contributed by atoms with Crippen molar-refractivity contribution in [1.82, 2.24) is 0 Å². The van der Waals surface area contributed by atoms with Crippen LogP contribution >= 0.6 is 0 Å². The van der Waals surface area contributed by atoms with Crippen LogP contribution in [0.1, 0.15) is 5.56 Å². The summed E-state index contributed by atoms with van der Waals surface area (Å²) in [5.74, 6) is -0.0663. The Morgan fingerprint density at radius 1 is 1.60 bits per heavy atom. The Morgan fingerprint density at radius 3 is 3.13 bits per heavy atom. The maximum atomic E-state index is 11.4. The van der Waals surface area contributed by atoms with Gasteiger partial charge in [-0.05, 0) is 18.6 Å². The lowest BCUT2D eigenvalue weighted by atomic mass is 10.1. The van der Waals surface area contributed by atoms with Crippen molar-refractivity contribution < 1.29 is 4.79 Å². The van der Waals surface area contributed by atoms with Crippen molar-refractivity contribution >= 4 is 17.3 Å². The standard InChI is InChI=1S/C11H11N3O/c1-8-3-2-4-9-11(8)14(6-5-12)7-10(15)13-9/h2-4H,6-7H2,1H3,(H,13,15). The van der Waals surface area contributed by atoms with Gasteiger partial charge in [0.2, 0.25) is 5.91 Å². The van der Waals surface area contributed by atoms with Crippen LogP contribution in [0.5, 0.6) is 0 Å². The number of rotatable bonds is 1. The minimum Gasteiger partial charge on any atom is -0.347 e. The molecule has 0 saturated heterocycles. The van der Waals surface area contributed by atoms with Crippen molar-refractivity contribution in [2.75, 3.05) is 23.3 Å². The molecule has 0 unspecified atom stereocenters. The topological polar surface area (TPSA) is 56.1 Å². The maximum Gasteiger partial charge on any atom is 0.243 e. The van der Waals surface area contributed by atoms with Crippen LogP contribution in [0, 0.1) is 18.3 Å². The van der Waals surface area contributed by atoms with Crippen LogP contribution in [0.15, 0.2) is 18.2 Å². The predicted octanol–water partition coefficient (Wildman–Crippen LogP) is 1.28. The van der Waals surface area contributed by atoms with Gasteiger partial charge in [-0.25, -0.2) is 0 Å². The van der Waals surface area contributed by atoms with E-state index in [1.54, 1.807) is 4.90 Å². The number of hydrogen-bond donors (Lipinski definition) is 1. The highest BCUT2D eigenvalue weighted by Gasteiger charge is 2.22. The van der Waals surface area contributed by atoms with E-state index in [4.69, 9.17) is 5.26 Å². The van der Waals surface area contributed by atoms with Crippen LogP contribution in [-0.4, -0.2) is 19.0 Å². The number of hydrogen-bond acceptors (Lipinski definition) is 3. The van der Waals surface area contributed by atoms with Gasteiger partial charge in [-0.1, -0.05) is 12.1 Å². The molecule has 1 aromatic carbocycles. The molecule has 0 atom stereocenters. The number of nitrogens with one attached hydrogen (secondary N) is 1. The summed E-state index contributed by atoms with van der Waals surface area (Å²) in [7, 11) is 0. The summed E-state index contributed by atoms with van der Waals surface area (Å²) in [4.78, 5) is 13.2. The summed E-state index contributed by atoms with van der Waals surface area (Å²) in [5, 5.41) is 11.5. The summed E-state index contributed by atoms with van der Waals surface area (Å²) < 4.78 is 0. The fourth-order valence-electron chi connectivity index (χ4n) is 1.84. The van der Waals surface area contributed by atoms with Gasteiger partial charge in [0.25, 0.3) is 0 Å². The Balaban J connectivity index is 2.48. The molecule has 76 valence electrons. The Morgan fingerprint density at radius 2 is 2.40 bits per heavy atom. The third-order valence-electron chi connectivity index (χ3n) is 2.42. The monoisotopic (exact) mass is 201 g/mol. The largest absolute Gasteiger partial charge is 0.347 e. The van der Waals surface area contributed by atoms with Gasteiger partial charge in [-0.2, -0.15) is 5.26 Å². The molecule has 0 bridgehead atoms. The fraction of sp³-hybridized carbons (Fsp3) is 0.273. The van der Waals surface area contributed by atoms with E-state index in [0.29, 0.717) is 0 Å². The fourth-order valence-corrected chi connectivity index (χ4v) is 1.84. The van der Waals surface area contributed by atoms with Gasteiger partial charge >= 0.3 is 0 Å². The molecule has 1 amide bonds. The first kappa shape index (κ1) is 9.53. The van der Waals surface area contributed by atoms with Crippen molar-refractivity contribution in [1.29, 1.82) is 5.26 Å². The lowest BCUT2D eigenvalue weighted by Gasteiger charge is -2.30. The molecular weight excluding hydrogens is 190 g/mol. The summed E-state index contributed by atoms with van der Waals surface area (Å²) >= 11 is 0. The first-order chi connectivity index (χ1) is 7.22. The average molecular weight is 201 g/mol. The molecule has 0 aromatic heterocycles. The zero-order valence-electron chi connectivity index (χ0n) is 8.45. The lowest BCUT2D eigenvalue weighted by molar-refractivity contribution is -0.115. The van der Waals surface area contributed by atoms with Crippen LogP contribution in [-0.2, 0) is 4.79 Å². The molecule has 0 saturated carbocycles. The number of benzene rings is 1. The van der Waals surface area contributed by atoms with Gasteiger partial charge in [0.1, 0.15) is 6.54 Å². The number of amides is 1. The Labute approximate surface area is 88.1 Å². The van der Waals surface area contributed by atoms with Gasteiger partial charge in [-0.3, -0.25) is 4.79 Å². The molecule has 15 heavy (non-hydrogen) atoms. The SMILES string of the molecule is Cc1cccc2c1N(CC#N)CC(=O)N2. The highest BCUT2D eigenvalue weighted by atomic mass is 16.2. The molecule has 2 rings (SSSR count). The van der Waals surface area contributed by atoms with Crippen LogP contribution in [0.4, 0.5) is 11.4 Å². The third-order valence-corrected chi connectivity index (χ3v) is 2.42. The quantitative estimate of drug-likeness (QED) is 0.696. The van der Waals surface area contributed by atoms with Crippen molar-refractivity contribution in [2.45, 2.75) is 6.92 Å². The maximum absolute atomic E-state index is 11.4.